The number of phenols is 1. The van der Waals surface area contributed by atoms with Crippen LogP contribution in [0, 0.1) is 11.8 Å². The van der Waals surface area contributed by atoms with Gasteiger partial charge in [-0.2, -0.15) is 0 Å². The van der Waals surface area contributed by atoms with Gasteiger partial charge in [0.05, 0.1) is 30.0 Å². The Kier molecular flexibility index (Phi) is 7.64. The lowest BCUT2D eigenvalue weighted by Gasteiger charge is -2.28. The van der Waals surface area contributed by atoms with Crippen molar-refractivity contribution >= 4 is 29.3 Å². The van der Waals surface area contributed by atoms with E-state index in [9.17, 15) is 9.90 Å². The molecule has 13 nitrogen and oxygen atoms in total. The van der Waals surface area contributed by atoms with Gasteiger partial charge in [-0.25, -0.2) is 19.9 Å². The minimum absolute atomic E-state index is 0.0146. The van der Waals surface area contributed by atoms with E-state index in [0.717, 1.165) is 37.4 Å². The number of carbonyl (C=O) groups is 1. The number of aromatic nitrogens is 6. The van der Waals surface area contributed by atoms with Crippen LogP contribution in [0.2, 0.25) is 0 Å². The number of hydrogen-bond donors (Lipinski definition) is 4. The number of nitrogens with one attached hydrogen (secondary N) is 1. The zero-order valence-electron chi connectivity index (χ0n) is 23.1. The molecule has 4 aromatic rings. The summed E-state index contributed by atoms with van der Waals surface area (Å²) in [4.78, 5) is 33.8. The molecule has 0 saturated carbocycles. The largest absolute Gasteiger partial charge is 0.507 e. The Balaban J connectivity index is 1.11. The predicted octanol–water partition coefficient (Wildman–Crippen LogP) is 1.34. The van der Waals surface area contributed by atoms with Crippen LogP contribution in [0.5, 0.6) is 5.75 Å². The highest BCUT2D eigenvalue weighted by molar-refractivity contribution is 5.96. The molecule has 2 fully saturated rings. The highest BCUT2D eigenvalue weighted by atomic mass is 16.3. The molecule has 1 aromatic carbocycles. The molecule has 0 bridgehead atoms. The maximum Gasteiger partial charge on any atom is 0.268 e. The van der Waals surface area contributed by atoms with E-state index in [1.165, 1.54) is 6.08 Å². The number of aromatic hydroxyl groups is 1. The molecule has 5 heterocycles. The van der Waals surface area contributed by atoms with E-state index in [4.69, 9.17) is 11.5 Å². The first kappa shape index (κ1) is 27.4. The van der Waals surface area contributed by atoms with Crippen LogP contribution in [-0.2, 0) is 4.79 Å². The van der Waals surface area contributed by atoms with Crippen molar-refractivity contribution in [2.45, 2.75) is 24.9 Å². The maximum absolute atomic E-state index is 12.3. The van der Waals surface area contributed by atoms with Crippen molar-refractivity contribution in [2.24, 2.45) is 5.73 Å². The normalized spacial score (nSPS) is 17.7. The molecule has 3 aromatic heterocycles. The molecule has 216 valence electrons. The van der Waals surface area contributed by atoms with Crippen molar-refractivity contribution in [2.75, 3.05) is 35.2 Å². The first-order valence-corrected chi connectivity index (χ1v) is 13.8. The lowest BCUT2D eigenvalue weighted by Crippen LogP contribution is -2.37. The van der Waals surface area contributed by atoms with E-state index in [1.54, 1.807) is 42.9 Å². The molecule has 1 amide bonds. The van der Waals surface area contributed by atoms with Crippen LogP contribution in [0.4, 0.5) is 17.3 Å². The Labute approximate surface area is 247 Å². The number of rotatable bonds is 6. The number of para-hydroxylation sites is 1. The lowest BCUT2D eigenvalue weighted by molar-refractivity contribution is -0.117. The summed E-state index contributed by atoms with van der Waals surface area (Å²) < 4.78 is 0. The van der Waals surface area contributed by atoms with Crippen molar-refractivity contribution in [1.29, 1.82) is 0 Å². The number of nitrogen functional groups attached to an aromatic ring is 1. The standard InChI is InChI=1S/C30H29N11O2/c31-20(17-27-33-12-4-13-34-27)30(43)36-11-3-7-26-35-14-8-28(37-26)41-16-10-22-23(41)9-15-40(22)24-18-21(38-39-29(24)32)19-5-1-2-6-25(19)42/h1-2,4-6,8,12-14,17-18,22-23,42H,9-11,15-16,31H2,(H2,32,39)(H,36,43)/b20-17-/t22-,23-/m1/s1. The van der Waals surface area contributed by atoms with E-state index in [-0.39, 0.29) is 30.1 Å². The predicted molar refractivity (Wildman–Crippen MR) is 161 cm³/mol. The third-order valence-corrected chi connectivity index (χ3v) is 7.47. The second-order valence-corrected chi connectivity index (χ2v) is 10.0. The Morgan fingerprint density at radius 2 is 1.79 bits per heavy atom. The van der Waals surface area contributed by atoms with Gasteiger partial charge in [0.15, 0.2) is 11.6 Å². The van der Waals surface area contributed by atoms with Gasteiger partial charge < -0.3 is 31.7 Å². The summed E-state index contributed by atoms with van der Waals surface area (Å²) in [6, 6.07) is 12.9. The quantitative estimate of drug-likeness (QED) is 0.191. The molecule has 43 heavy (non-hydrogen) atoms. The van der Waals surface area contributed by atoms with Crippen molar-refractivity contribution < 1.29 is 9.90 Å². The van der Waals surface area contributed by atoms with E-state index in [2.05, 4.69) is 57.1 Å². The molecular formula is C30H29N11O2. The average molecular weight is 576 g/mol. The van der Waals surface area contributed by atoms with Gasteiger partial charge in [-0.1, -0.05) is 18.1 Å². The highest BCUT2D eigenvalue weighted by Gasteiger charge is 2.44. The van der Waals surface area contributed by atoms with Gasteiger partial charge in [-0.3, -0.25) is 4.79 Å². The number of nitrogens with two attached hydrogens (primary N) is 2. The highest BCUT2D eigenvalue weighted by Crippen LogP contribution is 2.40. The average Bonchev–Trinajstić information content (AvgIpc) is 3.63. The summed E-state index contributed by atoms with van der Waals surface area (Å²) in [7, 11) is 0. The van der Waals surface area contributed by atoms with Crippen LogP contribution in [0.1, 0.15) is 24.5 Å². The molecule has 2 atom stereocenters. The Morgan fingerprint density at radius 3 is 2.60 bits per heavy atom. The van der Waals surface area contributed by atoms with Crippen LogP contribution >= 0.6 is 0 Å². The smallest absolute Gasteiger partial charge is 0.268 e. The minimum Gasteiger partial charge on any atom is -0.507 e. The molecule has 2 aliphatic heterocycles. The van der Waals surface area contributed by atoms with Crippen LogP contribution in [0.3, 0.4) is 0 Å². The summed E-state index contributed by atoms with van der Waals surface area (Å²) in [5.74, 6) is 7.33. The zero-order chi connectivity index (χ0) is 29.8. The second kappa shape index (κ2) is 12.0. The number of anilines is 3. The van der Waals surface area contributed by atoms with Gasteiger partial charge >= 0.3 is 0 Å². The van der Waals surface area contributed by atoms with Gasteiger partial charge in [-0.05, 0) is 49.1 Å². The number of phenolic OH excluding ortho intramolecular Hbond substituents is 1. The monoisotopic (exact) mass is 575 g/mol. The molecule has 0 unspecified atom stereocenters. The van der Waals surface area contributed by atoms with E-state index >= 15 is 0 Å². The summed E-state index contributed by atoms with van der Waals surface area (Å²) in [5.41, 5.74) is 14.1. The molecule has 6 N–H and O–H groups in total. The molecule has 0 spiro atoms. The van der Waals surface area contributed by atoms with Crippen molar-refractivity contribution in [3.63, 3.8) is 0 Å². The first-order valence-electron chi connectivity index (χ1n) is 13.8. The van der Waals surface area contributed by atoms with Crippen molar-refractivity contribution in [3.05, 3.63) is 78.4 Å². The van der Waals surface area contributed by atoms with Crippen molar-refractivity contribution in [1.82, 2.24) is 35.5 Å². The number of carbonyl (C=O) groups excluding carboxylic acids is 1. The minimum atomic E-state index is -0.469. The second-order valence-electron chi connectivity index (χ2n) is 10.0. The third kappa shape index (κ3) is 5.84. The fraction of sp³-hybridized carbons (Fsp3) is 0.233. The first-order chi connectivity index (χ1) is 21.0. The van der Waals surface area contributed by atoms with Crippen LogP contribution in [0.25, 0.3) is 17.3 Å². The van der Waals surface area contributed by atoms with E-state index in [1.807, 2.05) is 18.2 Å². The molecule has 0 aliphatic carbocycles. The molecular weight excluding hydrogens is 546 g/mol. The molecule has 2 aliphatic rings. The fourth-order valence-electron chi connectivity index (χ4n) is 5.52. The fourth-order valence-corrected chi connectivity index (χ4v) is 5.52. The number of amides is 1. The van der Waals surface area contributed by atoms with Gasteiger partial charge in [0.2, 0.25) is 5.82 Å². The van der Waals surface area contributed by atoms with Gasteiger partial charge in [0, 0.05) is 43.3 Å². The summed E-state index contributed by atoms with van der Waals surface area (Å²) in [5, 5.41) is 21.4. The van der Waals surface area contributed by atoms with E-state index < -0.39 is 5.91 Å². The Morgan fingerprint density at radius 1 is 1.02 bits per heavy atom. The SMILES string of the molecule is N/C(=C\c1ncccn1)C(=O)NCC#Cc1nccc(N2CC[C@@H]3[C@H]2CCN3c2cc(-c3ccccc3O)nnc2N)n1. The summed E-state index contributed by atoms with van der Waals surface area (Å²) >= 11 is 0. The molecule has 2 saturated heterocycles. The summed E-state index contributed by atoms with van der Waals surface area (Å²) in [6.45, 7) is 1.69. The topological polar surface area (TPSA) is 185 Å². The van der Waals surface area contributed by atoms with Crippen LogP contribution in [-0.4, -0.2) is 72.9 Å². The molecule has 13 heteroatoms. The third-order valence-electron chi connectivity index (χ3n) is 7.47. The zero-order valence-corrected chi connectivity index (χ0v) is 23.1. The van der Waals surface area contributed by atoms with E-state index in [0.29, 0.717) is 28.7 Å². The van der Waals surface area contributed by atoms with Gasteiger partial charge in [0.1, 0.15) is 17.3 Å². The maximum atomic E-state index is 12.3. The molecule has 0 radical (unpaired) electrons. The number of fused-ring (bicyclic) bond motifs is 1. The van der Waals surface area contributed by atoms with Gasteiger partial charge in [0.25, 0.3) is 5.91 Å². The lowest BCUT2D eigenvalue weighted by atomic mass is 10.1. The van der Waals surface area contributed by atoms with Crippen LogP contribution < -0.4 is 26.6 Å². The van der Waals surface area contributed by atoms with Crippen LogP contribution in [0.15, 0.2) is 66.8 Å². The number of hydrogen-bond acceptors (Lipinski definition) is 12. The molecule has 6 rings (SSSR count). The number of benzene rings is 1. The Bertz CT molecular complexity index is 1740. The number of nitrogens with zero attached hydrogens (tertiary/aromatic N) is 8. The Hall–Kier alpha value is -5.77. The van der Waals surface area contributed by atoms with Gasteiger partial charge in [-0.15, -0.1) is 10.2 Å². The summed E-state index contributed by atoms with van der Waals surface area (Å²) in [6.07, 6.45) is 8.05. The van der Waals surface area contributed by atoms with Crippen molar-refractivity contribution in [3.8, 4) is 28.8 Å².